The molecule has 2 atom stereocenters. The first kappa shape index (κ1) is 10.1. The van der Waals surface area contributed by atoms with E-state index >= 15 is 0 Å². The van der Waals surface area contributed by atoms with Crippen molar-refractivity contribution in [3.05, 3.63) is 30.3 Å². The van der Waals surface area contributed by atoms with E-state index in [0.29, 0.717) is 13.0 Å². The van der Waals surface area contributed by atoms with Crippen molar-refractivity contribution in [2.45, 2.75) is 18.5 Å². The highest BCUT2D eigenvalue weighted by Crippen LogP contribution is 2.09. The van der Waals surface area contributed by atoms with Gasteiger partial charge in [-0.05, 0) is 18.6 Å². The lowest BCUT2D eigenvalue weighted by Crippen LogP contribution is -2.35. The summed E-state index contributed by atoms with van der Waals surface area (Å²) >= 11 is 0. The van der Waals surface area contributed by atoms with E-state index in [1.807, 2.05) is 30.3 Å². The Morgan fingerprint density at radius 3 is 2.73 bits per heavy atom. The van der Waals surface area contributed by atoms with Crippen LogP contribution in [0, 0.1) is 0 Å². The molecule has 4 nitrogen and oxygen atoms in total. The Labute approximate surface area is 88.9 Å². The van der Waals surface area contributed by atoms with Crippen LogP contribution in [0.4, 0.5) is 5.69 Å². The lowest BCUT2D eigenvalue weighted by molar-refractivity contribution is -0.117. The van der Waals surface area contributed by atoms with E-state index in [1.54, 1.807) is 0 Å². The highest BCUT2D eigenvalue weighted by atomic mass is 16.2. The number of hydrogen-bond donors (Lipinski definition) is 3. The normalized spacial score (nSPS) is 25.1. The van der Waals surface area contributed by atoms with Crippen LogP contribution >= 0.6 is 0 Å². The molecule has 0 bridgehead atoms. The molecule has 1 aromatic rings. The van der Waals surface area contributed by atoms with Crippen LogP contribution in [0.15, 0.2) is 30.3 Å². The minimum absolute atomic E-state index is 0.00542. The fourth-order valence-corrected chi connectivity index (χ4v) is 1.71. The lowest BCUT2D eigenvalue weighted by Gasteiger charge is -2.10. The predicted molar refractivity (Wildman–Crippen MR) is 59.5 cm³/mol. The van der Waals surface area contributed by atoms with Crippen molar-refractivity contribution in [1.82, 2.24) is 5.32 Å². The zero-order valence-corrected chi connectivity index (χ0v) is 8.44. The van der Waals surface area contributed by atoms with Gasteiger partial charge in [-0.15, -0.1) is 0 Å². The van der Waals surface area contributed by atoms with Gasteiger partial charge in [0.25, 0.3) is 0 Å². The van der Waals surface area contributed by atoms with Crippen LogP contribution in [0.5, 0.6) is 0 Å². The van der Waals surface area contributed by atoms with Gasteiger partial charge in [-0.2, -0.15) is 0 Å². The summed E-state index contributed by atoms with van der Waals surface area (Å²) in [6, 6.07) is 9.38. The minimum Gasteiger partial charge on any atom is -0.326 e. The summed E-state index contributed by atoms with van der Waals surface area (Å²) in [6.07, 6.45) is 0.707. The highest BCUT2D eigenvalue weighted by molar-refractivity contribution is 5.95. The van der Waals surface area contributed by atoms with Gasteiger partial charge in [0, 0.05) is 18.3 Å². The molecule has 0 aromatic heterocycles. The molecule has 2 rings (SSSR count). The number of carbonyl (C=O) groups is 1. The summed E-state index contributed by atoms with van der Waals surface area (Å²) < 4.78 is 0. The molecule has 1 aliphatic rings. The molecular weight excluding hydrogens is 190 g/mol. The molecule has 0 aliphatic carbocycles. The van der Waals surface area contributed by atoms with E-state index in [4.69, 9.17) is 5.73 Å². The largest absolute Gasteiger partial charge is 0.326 e. The number of carbonyl (C=O) groups excluding carboxylic acids is 1. The second kappa shape index (κ2) is 4.42. The maximum Gasteiger partial charge on any atom is 0.241 e. The topological polar surface area (TPSA) is 67.1 Å². The fraction of sp³-hybridized carbons (Fsp3) is 0.364. The van der Waals surface area contributed by atoms with Crippen LogP contribution in [-0.2, 0) is 4.79 Å². The minimum atomic E-state index is -0.153. The van der Waals surface area contributed by atoms with Gasteiger partial charge in [0.2, 0.25) is 5.91 Å². The van der Waals surface area contributed by atoms with Crippen LogP contribution < -0.4 is 16.4 Å². The molecule has 2 unspecified atom stereocenters. The van der Waals surface area contributed by atoms with Gasteiger partial charge >= 0.3 is 0 Å². The molecule has 0 spiro atoms. The number of hydrogen-bond acceptors (Lipinski definition) is 3. The van der Waals surface area contributed by atoms with Crippen LogP contribution in [0.1, 0.15) is 6.42 Å². The Hall–Kier alpha value is -1.39. The van der Waals surface area contributed by atoms with Crippen LogP contribution in [0.3, 0.4) is 0 Å². The number of anilines is 1. The van der Waals surface area contributed by atoms with Gasteiger partial charge in [-0.1, -0.05) is 18.2 Å². The molecule has 4 heteroatoms. The SMILES string of the molecule is NC1CNC(C(=O)Nc2ccccc2)C1. The van der Waals surface area contributed by atoms with Crippen molar-refractivity contribution in [1.29, 1.82) is 0 Å². The first-order chi connectivity index (χ1) is 7.25. The fourth-order valence-electron chi connectivity index (χ4n) is 1.71. The average molecular weight is 205 g/mol. The molecule has 0 radical (unpaired) electrons. The number of amides is 1. The Morgan fingerprint density at radius 1 is 1.40 bits per heavy atom. The number of para-hydroxylation sites is 1. The van der Waals surface area contributed by atoms with Crippen LogP contribution in [-0.4, -0.2) is 24.5 Å². The smallest absolute Gasteiger partial charge is 0.241 e. The van der Waals surface area contributed by atoms with Gasteiger partial charge < -0.3 is 16.4 Å². The van der Waals surface area contributed by atoms with Gasteiger partial charge in [0.15, 0.2) is 0 Å². The van der Waals surface area contributed by atoms with Crippen molar-refractivity contribution in [3.8, 4) is 0 Å². The maximum atomic E-state index is 11.7. The van der Waals surface area contributed by atoms with Gasteiger partial charge in [0.1, 0.15) is 0 Å². The van der Waals surface area contributed by atoms with Crippen molar-refractivity contribution in [3.63, 3.8) is 0 Å². The van der Waals surface area contributed by atoms with Gasteiger partial charge in [-0.25, -0.2) is 0 Å². The standard InChI is InChI=1S/C11H15N3O/c12-8-6-10(13-7-8)11(15)14-9-4-2-1-3-5-9/h1-5,8,10,13H,6-7,12H2,(H,14,15). The number of rotatable bonds is 2. The molecule has 1 aliphatic heterocycles. The van der Waals surface area contributed by atoms with Crippen molar-refractivity contribution < 1.29 is 4.79 Å². The monoisotopic (exact) mass is 205 g/mol. The van der Waals surface area contributed by atoms with Gasteiger partial charge in [-0.3, -0.25) is 4.79 Å². The van der Waals surface area contributed by atoms with Crippen LogP contribution in [0.25, 0.3) is 0 Å². The van der Waals surface area contributed by atoms with E-state index in [9.17, 15) is 4.79 Å². The predicted octanol–water partition coefficient (Wildman–Crippen LogP) is 0.314. The summed E-state index contributed by atoms with van der Waals surface area (Å²) in [6.45, 7) is 0.715. The molecule has 1 amide bonds. The molecule has 1 aromatic carbocycles. The summed E-state index contributed by atoms with van der Waals surface area (Å²) in [5.41, 5.74) is 6.54. The van der Waals surface area contributed by atoms with Gasteiger partial charge in [0.05, 0.1) is 6.04 Å². The molecule has 1 saturated heterocycles. The quantitative estimate of drug-likeness (QED) is 0.651. The Balaban J connectivity index is 1.93. The first-order valence-electron chi connectivity index (χ1n) is 5.10. The summed E-state index contributed by atoms with van der Waals surface area (Å²) in [7, 11) is 0. The highest BCUT2D eigenvalue weighted by Gasteiger charge is 2.26. The van der Waals surface area contributed by atoms with Crippen molar-refractivity contribution in [2.75, 3.05) is 11.9 Å². The average Bonchev–Trinajstić information content (AvgIpc) is 2.66. The molecule has 4 N–H and O–H groups in total. The molecule has 15 heavy (non-hydrogen) atoms. The second-order valence-corrected chi connectivity index (χ2v) is 3.81. The van der Waals surface area contributed by atoms with E-state index in [1.165, 1.54) is 0 Å². The Kier molecular flexibility index (Phi) is 2.99. The summed E-state index contributed by atoms with van der Waals surface area (Å²) in [5.74, 6) is -0.00542. The van der Waals surface area contributed by atoms with Crippen molar-refractivity contribution >= 4 is 11.6 Å². The third-order valence-electron chi connectivity index (χ3n) is 2.52. The molecule has 80 valence electrons. The maximum absolute atomic E-state index is 11.7. The van der Waals surface area contributed by atoms with E-state index in [0.717, 1.165) is 5.69 Å². The molecular formula is C11H15N3O. The van der Waals surface area contributed by atoms with Crippen LogP contribution in [0.2, 0.25) is 0 Å². The second-order valence-electron chi connectivity index (χ2n) is 3.81. The third kappa shape index (κ3) is 2.55. The Bertz CT molecular complexity index is 339. The summed E-state index contributed by atoms with van der Waals surface area (Å²) in [5, 5.41) is 5.94. The lowest BCUT2D eigenvalue weighted by atomic mass is 10.1. The number of nitrogens with two attached hydrogens (primary N) is 1. The third-order valence-corrected chi connectivity index (χ3v) is 2.52. The van der Waals surface area contributed by atoms with E-state index in [-0.39, 0.29) is 18.0 Å². The molecule has 0 saturated carbocycles. The van der Waals surface area contributed by atoms with E-state index in [2.05, 4.69) is 10.6 Å². The zero-order valence-electron chi connectivity index (χ0n) is 8.44. The number of benzene rings is 1. The van der Waals surface area contributed by atoms with E-state index < -0.39 is 0 Å². The zero-order chi connectivity index (χ0) is 10.7. The molecule has 1 heterocycles. The number of nitrogens with one attached hydrogen (secondary N) is 2. The van der Waals surface area contributed by atoms with Crippen molar-refractivity contribution in [2.24, 2.45) is 5.73 Å². The molecule has 1 fully saturated rings. The first-order valence-corrected chi connectivity index (χ1v) is 5.10. The summed E-state index contributed by atoms with van der Waals surface area (Å²) in [4.78, 5) is 11.7. The Morgan fingerprint density at radius 2 is 2.13 bits per heavy atom.